The minimum atomic E-state index is -3.71. The summed E-state index contributed by atoms with van der Waals surface area (Å²) in [5.74, 6) is -0.176. The van der Waals surface area contributed by atoms with E-state index >= 15 is 0 Å². The third kappa shape index (κ3) is 7.60. The van der Waals surface area contributed by atoms with Gasteiger partial charge in [-0.25, -0.2) is 23.3 Å². The predicted molar refractivity (Wildman–Crippen MR) is 119 cm³/mol. The fourth-order valence-electron chi connectivity index (χ4n) is 3.43. The second-order valence-electron chi connectivity index (χ2n) is 7.54. The van der Waals surface area contributed by atoms with Crippen molar-refractivity contribution >= 4 is 38.4 Å². The molecule has 3 rings (SSSR count). The van der Waals surface area contributed by atoms with Crippen molar-refractivity contribution in [2.75, 3.05) is 11.9 Å². The number of carbonyl (C=O) groups is 2. The first kappa shape index (κ1) is 23.2. The van der Waals surface area contributed by atoms with E-state index in [0.29, 0.717) is 23.8 Å². The number of aromatic nitrogens is 1. The summed E-state index contributed by atoms with van der Waals surface area (Å²) in [6.45, 7) is 0.409. The van der Waals surface area contributed by atoms with Crippen molar-refractivity contribution in [1.82, 2.24) is 15.6 Å². The largest absolute Gasteiger partial charge is 0.355 e. The molecule has 1 saturated carbocycles. The van der Waals surface area contributed by atoms with Crippen LogP contribution in [-0.4, -0.2) is 37.9 Å². The molecular weight excluding hydrogens is 438 g/mol. The first-order chi connectivity index (χ1) is 14.8. The molecule has 0 aliphatic heterocycles. The monoisotopic (exact) mass is 465 g/mol. The number of primary sulfonamides is 1. The molecule has 31 heavy (non-hydrogen) atoms. The standard InChI is InChI=1S/C20H27N5O4S2/c21-31(28,29)17-8-6-14(7-9-17)10-11-22-18(26)12-16-13-30-20(24-16)25-19(27)23-15-4-2-1-3-5-15/h6-9,13,15H,1-5,10-12H2,(H,22,26)(H2,21,28,29)(H2,23,24,25,27). The number of urea groups is 1. The highest BCUT2D eigenvalue weighted by Crippen LogP contribution is 2.19. The van der Waals surface area contributed by atoms with Crippen LogP contribution in [0.5, 0.6) is 0 Å². The zero-order chi connectivity index (χ0) is 22.3. The SMILES string of the molecule is NS(=O)(=O)c1ccc(CCNC(=O)Cc2csc(NC(=O)NC3CCCCC3)n2)cc1. The lowest BCUT2D eigenvalue weighted by molar-refractivity contribution is -0.120. The molecule has 0 bridgehead atoms. The van der Waals surface area contributed by atoms with Crippen molar-refractivity contribution in [2.45, 2.75) is 55.9 Å². The Labute approximate surface area is 185 Å². The normalized spacial score (nSPS) is 14.7. The average molecular weight is 466 g/mol. The number of nitrogens with two attached hydrogens (primary N) is 1. The predicted octanol–water partition coefficient (Wildman–Crippen LogP) is 2.15. The highest BCUT2D eigenvalue weighted by Gasteiger charge is 2.16. The number of hydrogen-bond donors (Lipinski definition) is 4. The van der Waals surface area contributed by atoms with Gasteiger partial charge < -0.3 is 10.6 Å². The van der Waals surface area contributed by atoms with E-state index in [0.717, 1.165) is 31.2 Å². The van der Waals surface area contributed by atoms with Gasteiger partial charge in [0.25, 0.3) is 0 Å². The Morgan fingerprint density at radius 1 is 1.13 bits per heavy atom. The third-order valence-corrected chi connectivity index (χ3v) is 6.78. The van der Waals surface area contributed by atoms with Gasteiger partial charge in [-0.05, 0) is 37.0 Å². The van der Waals surface area contributed by atoms with Gasteiger partial charge in [-0.3, -0.25) is 10.1 Å². The quantitative estimate of drug-likeness (QED) is 0.472. The summed E-state index contributed by atoms with van der Waals surface area (Å²) < 4.78 is 22.5. The molecule has 0 atom stereocenters. The van der Waals surface area contributed by atoms with Gasteiger partial charge in [0.05, 0.1) is 17.0 Å². The van der Waals surface area contributed by atoms with E-state index < -0.39 is 10.0 Å². The van der Waals surface area contributed by atoms with E-state index in [1.165, 1.54) is 29.9 Å². The minimum absolute atomic E-state index is 0.0562. The molecule has 0 radical (unpaired) electrons. The van der Waals surface area contributed by atoms with Gasteiger partial charge in [0.2, 0.25) is 15.9 Å². The second kappa shape index (κ2) is 10.7. The van der Waals surface area contributed by atoms with Crippen LogP contribution in [0, 0.1) is 0 Å². The van der Waals surface area contributed by atoms with Crippen molar-refractivity contribution in [3.63, 3.8) is 0 Å². The Hall–Kier alpha value is -2.50. The zero-order valence-corrected chi connectivity index (χ0v) is 18.7. The minimum Gasteiger partial charge on any atom is -0.355 e. The van der Waals surface area contributed by atoms with E-state index in [1.54, 1.807) is 17.5 Å². The van der Waals surface area contributed by atoms with Crippen LogP contribution >= 0.6 is 11.3 Å². The van der Waals surface area contributed by atoms with Crippen LogP contribution in [-0.2, 0) is 27.7 Å². The lowest BCUT2D eigenvalue weighted by atomic mass is 9.96. The fraction of sp³-hybridized carbons (Fsp3) is 0.450. The van der Waals surface area contributed by atoms with E-state index in [1.807, 2.05) is 0 Å². The van der Waals surface area contributed by atoms with E-state index in [9.17, 15) is 18.0 Å². The van der Waals surface area contributed by atoms with Gasteiger partial charge >= 0.3 is 6.03 Å². The van der Waals surface area contributed by atoms with Gasteiger partial charge in [0.15, 0.2) is 5.13 Å². The molecule has 0 spiro atoms. The first-order valence-electron chi connectivity index (χ1n) is 10.2. The lowest BCUT2D eigenvalue weighted by Gasteiger charge is -2.22. The summed E-state index contributed by atoms with van der Waals surface area (Å²) in [6.07, 6.45) is 6.20. The number of sulfonamides is 1. The van der Waals surface area contributed by atoms with Crippen LogP contribution in [0.15, 0.2) is 34.5 Å². The summed E-state index contributed by atoms with van der Waals surface area (Å²) in [5, 5.41) is 15.8. The topological polar surface area (TPSA) is 143 Å². The van der Waals surface area contributed by atoms with Crippen LogP contribution in [0.4, 0.5) is 9.93 Å². The highest BCUT2D eigenvalue weighted by molar-refractivity contribution is 7.89. The van der Waals surface area contributed by atoms with Crippen LogP contribution in [0.2, 0.25) is 0 Å². The molecule has 1 aliphatic rings. The number of amides is 3. The maximum absolute atomic E-state index is 12.1. The summed E-state index contributed by atoms with van der Waals surface area (Å²) in [6, 6.07) is 6.19. The first-order valence-corrected chi connectivity index (χ1v) is 12.6. The van der Waals surface area contributed by atoms with Crippen LogP contribution in [0.3, 0.4) is 0 Å². The molecule has 1 heterocycles. The maximum Gasteiger partial charge on any atom is 0.321 e. The molecule has 5 N–H and O–H groups in total. The molecule has 3 amide bonds. The van der Waals surface area contributed by atoms with Gasteiger partial charge in [0.1, 0.15) is 0 Å². The summed E-state index contributed by atoms with van der Waals surface area (Å²) in [4.78, 5) is 28.6. The van der Waals surface area contributed by atoms with Crippen LogP contribution < -0.4 is 21.1 Å². The van der Waals surface area contributed by atoms with Crippen LogP contribution in [0.1, 0.15) is 43.4 Å². The fourth-order valence-corrected chi connectivity index (χ4v) is 4.65. The van der Waals surface area contributed by atoms with Crippen molar-refractivity contribution in [3.05, 3.63) is 40.9 Å². The molecular formula is C20H27N5O4S2. The average Bonchev–Trinajstić information content (AvgIpc) is 3.15. The Morgan fingerprint density at radius 2 is 1.84 bits per heavy atom. The van der Waals surface area contributed by atoms with E-state index in [-0.39, 0.29) is 29.3 Å². The van der Waals surface area contributed by atoms with Crippen molar-refractivity contribution in [2.24, 2.45) is 5.14 Å². The smallest absolute Gasteiger partial charge is 0.321 e. The zero-order valence-electron chi connectivity index (χ0n) is 17.1. The van der Waals surface area contributed by atoms with Crippen LogP contribution in [0.25, 0.3) is 0 Å². The Kier molecular flexibility index (Phi) is 7.99. The van der Waals surface area contributed by atoms with Crippen molar-refractivity contribution in [3.8, 4) is 0 Å². The van der Waals surface area contributed by atoms with Gasteiger partial charge in [-0.1, -0.05) is 31.4 Å². The number of nitrogens with zero attached hydrogens (tertiary/aromatic N) is 1. The molecule has 168 valence electrons. The van der Waals surface area contributed by atoms with Gasteiger partial charge in [-0.2, -0.15) is 0 Å². The van der Waals surface area contributed by atoms with Crippen molar-refractivity contribution < 1.29 is 18.0 Å². The number of anilines is 1. The number of carbonyl (C=O) groups excluding carboxylic acids is 2. The van der Waals surface area contributed by atoms with E-state index in [4.69, 9.17) is 5.14 Å². The Balaban J connectivity index is 1.38. The summed E-state index contributed by atoms with van der Waals surface area (Å²) in [7, 11) is -3.71. The molecule has 1 aliphatic carbocycles. The Bertz CT molecular complexity index is 999. The number of thiazole rings is 1. The van der Waals surface area contributed by atoms with E-state index in [2.05, 4.69) is 20.9 Å². The second-order valence-corrected chi connectivity index (χ2v) is 9.96. The molecule has 1 aromatic carbocycles. The molecule has 1 aromatic heterocycles. The molecule has 1 fully saturated rings. The maximum atomic E-state index is 12.1. The number of hydrogen-bond acceptors (Lipinski definition) is 6. The Morgan fingerprint density at radius 3 is 2.52 bits per heavy atom. The molecule has 2 aromatic rings. The molecule has 0 unspecified atom stereocenters. The molecule has 0 saturated heterocycles. The summed E-state index contributed by atoms with van der Waals surface area (Å²) >= 11 is 1.28. The summed E-state index contributed by atoms with van der Waals surface area (Å²) in [5.41, 5.74) is 1.48. The molecule has 11 heteroatoms. The van der Waals surface area contributed by atoms with Crippen molar-refractivity contribution in [1.29, 1.82) is 0 Å². The van der Waals surface area contributed by atoms with Gasteiger partial charge in [-0.15, -0.1) is 11.3 Å². The number of benzene rings is 1. The van der Waals surface area contributed by atoms with Gasteiger partial charge in [0, 0.05) is 18.0 Å². The highest BCUT2D eigenvalue weighted by atomic mass is 32.2. The number of rotatable bonds is 8. The lowest BCUT2D eigenvalue weighted by Crippen LogP contribution is -2.39. The number of nitrogens with one attached hydrogen (secondary N) is 3. The third-order valence-electron chi connectivity index (χ3n) is 5.04. The molecule has 9 nitrogen and oxygen atoms in total.